The van der Waals surface area contributed by atoms with E-state index in [9.17, 15) is 4.79 Å². The maximum Gasteiger partial charge on any atom is 0.230 e. The normalized spacial score (nSPS) is 23.8. The second-order valence-electron chi connectivity index (χ2n) is 7.32. The van der Waals surface area contributed by atoms with Gasteiger partial charge in [0.05, 0.1) is 32.3 Å². The highest BCUT2D eigenvalue weighted by atomic mass is 16.5. The number of nitrogens with zero attached hydrogens (tertiary/aromatic N) is 2. The van der Waals surface area contributed by atoms with Gasteiger partial charge in [0.15, 0.2) is 0 Å². The van der Waals surface area contributed by atoms with Gasteiger partial charge >= 0.3 is 0 Å². The van der Waals surface area contributed by atoms with Gasteiger partial charge in [-0.1, -0.05) is 12.1 Å². The fourth-order valence-electron chi connectivity index (χ4n) is 4.18. The van der Waals surface area contributed by atoms with E-state index in [1.54, 1.807) is 7.11 Å². The van der Waals surface area contributed by atoms with Crippen LogP contribution < -0.4 is 4.74 Å². The van der Waals surface area contributed by atoms with Gasteiger partial charge in [-0.3, -0.25) is 9.69 Å². The lowest BCUT2D eigenvalue weighted by molar-refractivity contribution is -0.146. The van der Waals surface area contributed by atoms with Crippen LogP contribution in [0.4, 0.5) is 0 Å². The van der Waals surface area contributed by atoms with E-state index in [1.807, 2.05) is 23.1 Å². The van der Waals surface area contributed by atoms with Gasteiger partial charge in [-0.25, -0.2) is 0 Å². The van der Waals surface area contributed by atoms with Gasteiger partial charge in [-0.2, -0.15) is 0 Å². The quantitative estimate of drug-likeness (QED) is 0.711. The Hall–Kier alpha value is -1.63. The van der Waals surface area contributed by atoms with Crippen molar-refractivity contribution in [2.24, 2.45) is 5.41 Å². The fourth-order valence-corrected chi connectivity index (χ4v) is 4.18. The molecule has 0 saturated carbocycles. The molecule has 6 heteroatoms. The van der Waals surface area contributed by atoms with E-state index in [-0.39, 0.29) is 12.0 Å². The van der Waals surface area contributed by atoms with Gasteiger partial charge in [-0.05, 0) is 43.5 Å². The van der Waals surface area contributed by atoms with Crippen LogP contribution in [0, 0.1) is 5.41 Å². The molecule has 0 radical (unpaired) electrons. The monoisotopic (exact) mass is 362 g/mol. The molecule has 0 unspecified atom stereocenters. The van der Waals surface area contributed by atoms with E-state index in [4.69, 9.17) is 14.6 Å². The molecular formula is C20H30N2O4. The predicted molar refractivity (Wildman–Crippen MR) is 99.0 cm³/mol. The number of ether oxygens (including phenoxy) is 2. The number of hydrogen-bond acceptors (Lipinski definition) is 5. The molecule has 1 aromatic rings. The Kier molecular flexibility index (Phi) is 6.51. The first-order chi connectivity index (χ1) is 12.7. The van der Waals surface area contributed by atoms with E-state index in [2.05, 4.69) is 11.0 Å². The standard InChI is InChI=1S/C20H30N2O4/c1-25-18-5-2-4-17(14-18)15-22-8-3-6-20(19(22)24)7-9-21(16-20)10-12-26-13-11-23/h2,4-5,14,23H,3,6-13,15-16H2,1H3/t20-/m1/s1. The summed E-state index contributed by atoms with van der Waals surface area (Å²) >= 11 is 0. The lowest BCUT2D eigenvalue weighted by Gasteiger charge is -2.39. The minimum absolute atomic E-state index is 0.0572. The largest absolute Gasteiger partial charge is 0.497 e. The minimum atomic E-state index is -0.228. The van der Waals surface area contributed by atoms with Gasteiger partial charge in [0.25, 0.3) is 0 Å². The van der Waals surface area contributed by atoms with Crippen LogP contribution in [0.25, 0.3) is 0 Å². The number of aliphatic hydroxyl groups excluding tert-OH is 1. The first-order valence-electron chi connectivity index (χ1n) is 9.50. The fraction of sp³-hybridized carbons (Fsp3) is 0.650. The molecule has 144 valence electrons. The zero-order valence-electron chi connectivity index (χ0n) is 15.7. The summed E-state index contributed by atoms with van der Waals surface area (Å²) in [6.45, 7) is 5.12. The molecule has 6 nitrogen and oxygen atoms in total. The first kappa shape index (κ1) is 19.1. The van der Waals surface area contributed by atoms with Crippen molar-refractivity contribution in [1.82, 2.24) is 9.80 Å². The molecule has 2 aliphatic rings. The number of methoxy groups -OCH3 is 1. The summed E-state index contributed by atoms with van der Waals surface area (Å²) in [7, 11) is 1.66. The third kappa shape index (κ3) is 4.37. The summed E-state index contributed by atoms with van der Waals surface area (Å²) in [5.74, 6) is 1.13. The Morgan fingerprint density at radius 2 is 2.12 bits per heavy atom. The molecular weight excluding hydrogens is 332 g/mol. The van der Waals surface area contributed by atoms with Gasteiger partial charge in [0, 0.05) is 26.2 Å². The van der Waals surface area contributed by atoms with Crippen LogP contribution in [0.1, 0.15) is 24.8 Å². The topological polar surface area (TPSA) is 62.2 Å². The number of rotatable bonds is 8. The Balaban J connectivity index is 1.59. The summed E-state index contributed by atoms with van der Waals surface area (Å²) in [5.41, 5.74) is 0.885. The second kappa shape index (κ2) is 8.84. The smallest absolute Gasteiger partial charge is 0.230 e. The molecule has 0 aromatic heterocycles. The number of aliphatic hydroxyl groups is 1. The molecule has 2 aliphatic heterocycles. The lowest BCUT2D eigenvalue weighted by atomic mass is 9.78. The summed E-state index contributed by atoms with van der Waals surface area (Å²) in [4.78, 5) is 17.6. The summed E-state index contributed by atoms with van der Waals surface area (Å²) in [5, 5.41) is 8.78. The van der Waals surface area contributed by atoms with E-state index in [0.29, 0.717) is 25.7 Å². The molecule has 0 aliphatic carbocycles. The number of likely N-dealkylation sites (tertiary alicyclic amines) is 2. The summed E-state index contributed by atoms with van der Waals surface area (Å²) < 4.78 is 10.7. The van der Waals surface area contributed by atoms with Gasteiger partial charge in [0.2, 0.25) is 5.91 Å². The Labute approximate surface area is 155 Å². The van der Waals surface area contributed by atoms with Crippen LogP contribution >= 0.6 is 0 Å². The van der Waals surface area contributed by atoms with Crippen LogP contribution in [0.5, 0.6) is 5.75 Å². The van der Waals surface area contributed by atoms with Gasteiger partial charge < -0.3 is 19.5 Å². The number of amides is 1. The number of carbonyl (C=O) groups excluding carboxylic acids is 1. The maximum atomic E-state index is 13.2. The van der Waals surface area contributed by atoms with Crippen molar-refractivity contribution >= 4 is 5.91 Å². The molecule has 26 heavy (non-hydrogen) atoms. The van der Waals surface area contributed by atoms with E-state index in [0.717, 1.165) is 56.8 Å². The SMILES string of the molecule is COc1cccc(CN2CCC[C@]3(CCN(CCOCCO)C3)C2=O)c1. The molecule has 2 saturated heterocycles. The molecule has 0 bridgehead atoms. The third-order valence-electron chi connectivity index (χ3n) is 5.55. The highest BCUT2D eigenvalue weighted by molar-refractivity contribution is 5.84. The van der Waals surface area contributed by atoms with Crippen molar-refractivity contribution in [3.05, 3.63) is 29.8 Å². The second-order valence-corrected chi connectivity index (χ2v) is 7.32. The summed E-state index contributed by atoms with van der Waals surface area (Å²) in [6, 6.07) is 7.96. The van der Waals surface area contributed by atoms with Crippen molar-refractivity contribution in [2.45, 2.75) is 25.8 Å². The van der Waals surface area contributed by atoms with Crippen molar-refractivity contribution in [1.29, 1.82) is 0 Å². The predicted octanol–water partition coefficient (Wildman–Crippen LogP) is 1.52. The average molecular weight is 362 g/mol. The number of piperidine rings is 1. The zero-order valence-corrected chi connectivity index (χ0v) is 15.7. The molecule has 1 N–H and O–H groups in total. The highest BCUT2D eigenvalue weighted by Crippen LogP contribution is 2.40. The Bertz CT molecular complexity index is 609. The van der Waals surface area contributed by atoms with Crippen LogP contribution in [0.2, 0.25) is 0 Å². The van der Waals surface area contributed by atoms with Crippen molar-refractivity contribution < 1.29 is 19.4 Å². The molecule has 3 rings (SSSR count). The average Bonchev–Trinajstić information content (AvgIpc) is 3.07. The van der Waals surface area contributed by atoms with Crippen LogP contribution in [0.3, 0.4) is 0 Å². The Morgan fingerprint density at radius 3 is 2.92 bits per heavy atom. The molecule has 1 amide bonds. The maximum absolute atomic E-state index is 13.2. The third-order valence-corrected chi connectivity index (χ3v) is 5.55. The van der Waals surface area contributed by atoms with Crippen LogP contribution in [0.15, 0.2) is 24.3 Å². The molecule has 2 heterocycles. The molecule has 1 spiro atoms. The lowest BCUT2D eigenvalue weighted by Crippen LogP contribution is -2.49. The van der Waals surface area contributed by atoms with Crippen molar-refractivity contribution in [2.75, 3.05) is 53.1 Å². The van der Waals surface area contributed by atoms with Gasteiger partial charge in [0.1, 0.15) is 5.75 Å². The number of carbonyl (C=O) groups is 1. The van der Waals surface area contributed by atoms with E-state index < -0.39 is 0 Å². The van der Waals surface area contributed by atoms with Crippen molar-refractivity contribution in [3.63, 3.8) is 0 Å². The number of benzene rings is 1. The van der Waals surface area contributed by atoms with Crippen LogP contribution in [-0.2, 0) is 16.1 Å². The van der Waals surface area contributed by atoms with Crippen LogP contribution in [-0.4, -0.2) is 73.9 Å². The minimum Gasteiger partial charge on any atom is -0.497 e. The Morgan fingerprint density at radius 1 is 1.23 bits per heavy atom. The first-order valence-corrected chi connectivity index (χ1v) is 9.50. The van der Waals surface area contributed by atoms with E-state index in [1.165, 1.54) is 0 Å². The zero-order chi connectivity index (χ0) is 18.4. The van der Waals surface area contributed by atoms with Crippen molar-refractivity contribution in [3.8, 4) is 5.75 Å². The number of hydrogen-bond donors (Lipinski definition) is 1. The molecule has 1 atom stereocenters. The van der Waals surface area contributed by atoms with Gasteiger partial charge in [-0.15, -0.1) is 0 Å². The van der Waals surface area contributed by atoms with E-state index >= 15 is 0 Å². The summed E-state index contributed by atoms with van der Waals surface area (Å²) in [6.07, 6.45) is 2.97. The molecule has 1 aromatic carbocycles. The molecule has 2 fully saturated rings. The highest BCUT2D eigenvalue weighted by Gasteiger charge is 2.48.